The van der Waals surface area contributed by atoms with Crippen molar-refractivity contribution >= 4 is 5.69 Å². The predicted molar refractivity (Wildman–Crippen MR) is 148 cm³/mol. The summed E-state index contributed by atoms with van der Waals surface area (Å²) in [6.45, 7) is 8.21. The smallest absolute Gasteiger partial charge is 0.119 e. The lowest BCUT2D eigenvalue weighted by atomic mass is 10.1. The van der Waals surface area contributed by atoms with Crippen LogP contribution in [0.5, 0.6) is 11.5 Å². The van der Waals surface area contributed by atoms with Gasteiger partial charge in [0, 0.05) is 44.6 Å². The summed E-state index contributed by atoms with van der Waals surface area (Å²) in [5.41, 5.74) is 4.29. The van der Waals surface area contributed by atoms with Gasteiger partial charge in [0.05, 0.1) is 59.6 Å². The monoisotopic (exact) mass is 521 g/mol. The van der Waals surface area contributed by atoms with Crippen molar-refractivity contribution in [1.82, 2.24) is 9.88 Å². The molecular weight excluding hydrogens is 482 g/mol. The van der Waals surface area contributed by atoms with Gasteiger partial charge in [-0.1, -0.05) is 24.3 Å². The summed E-state index contributed by atoms with van der Waals surface area (Å²) in [6, 6.07) is 20.5. The summed E-state index contributed by atoms with van der Waals surface area (Å²) in [5.74, 6) is 1.69. The molecule has 0 unspecified atom stereocenters. The second kappa shape index (κ2) is 15.3. The Kier molecular flexibility index (Phi) is 11.2. The summed E-state index contributed by atoms with van der Waals surface area (Å²) in [6.07, 6.45) is 1.84. The van der Waals surface area contributed by atoms with Crippen molar-refractivity contribution in [2.75, 3.05) is 71.8 Å². The van der Waals surface area contributed by atoms with Crippen molar-refractivity contribution in [3.05, 3.63) is 83.7 Å². The lowest BCUT2D eigenvalue weighted by molar-refractivity contribution is 0.00553. The molecule has 0 atom stereocenters. The lowest BCUT2D eigenvalue weighted by Crippen LogP contribution is -2.38. The molecule has 2 aromatic carbocycles. The molecule has 8 heteroatoms. The first-order chi connectivity index (χ1) is 18.7. The standard InChI is InChI=1S/C30H39N3O5/c1-34-29-7-3-5-25(19-29)22-33(23-26-6-4-8-30(20-26)35-2)28-9-10-31-27(21-28)24-38-18-17-37-16-13-32-11-14-36-15-12-32/h3-10,19-21H,11-18,22-24H2,1-2H3. The van der Waals surface area contributed by atoms with Crippen molar-refractivity contribution in [3.8, 4) is 11.5 Å². The fraction of sp³-hybridized carbons (Fsp3) is 0.433. The molecule has 8 nitrogen and oxygen atoms in total. The Hall–Kier alpha value is -3.17. The van der Waals surface area contributed by atoms with E-state index >= 15 is 0 Å². The van der Waals surface area contributed by atoms with Crippen LogP contribution in [0.15, 0.2) is 66.9 Å². The molecule has 0 bridgehead atoms. The number of pyridine rings is 1. The summed E-state index contributed by atoms with van der Waals surface area (Å²) < 4.78 is 27.9. The molecule has 204 valence electrons. The van der Waals surface area contributed by atoms with Crippen LogP contribution in [0.4, 0.5) is 5.69 Å². The Morgan fingerprint density at radius 3 is 2.13 bits per heavy atom. The maximum absolute atomic E-state index is 5.87. The molecular formula is C30H39N3O5. The minimum absolute atomic E-state index is 0.437. The van der Waals surface area contributed by atoms with Crippen molar-refractivity contribution in [2.24, 2.45) is 0 Å². The molecule has 0 saturated carbocycles. The third-order valence-electron chi connectivity index (χ3n) is 6.46. The molecule has 0 aliphatic carbocycles. The topological polar surface area (TPSA) is 65.5 Å². The van der Waals surface area contributed by atoms with E-state index in [1.807, 2.05) is 36.5 Å². The van der Waals surface area contributed by atoms with E-state index in [9.17, 15) is 0 Å². The van der Waals surface area contributed by atoms with Gasteiger partial charge in [0.1, 0.15) is 11.5 Å². The fourth-order valence-electron chi connectivity index (χ4n) is 4.38. The first-order valence-corrected chi connectivity index (χ1v) is 13.1. The van der Waals surface area contributed by atoms with Crippen LogP contribution in [0.1, 0.15) is 16.8 Å². The average Bonchev–Trinajstić information content (AvgIpc) is 2.97. The van der Waals surface area contributed by atoms with Gasteiger partial charge in [-0.25, -0.2) is 0 Å². The van der Waals surface area contributed by atoms with Gasteiger partial charge in [0.2, 0.25) is 0 Å². The number of aromatic nitrogens is 1. The molecule has 0 radical (unpaired) electrons. The lowest BCUT2D eigenvalue weighted by Gasteiger charge is -2.26. The zero-order valence-electron chi connectivity index (χ0n) is 22.5. The van der Waals surface area contributed by atoms with E-state index in [0.29, 0.717) is 26.4 Å². The Balaban J connectivity index is 1.34. The summed E-state index contributed by atoms with van der Waals surface area (Å²) in [7, 11) is 3.38. The maximum atomic E-state index is 5.87. The Bertz CT molecular complexity index is 1060. The van der Waals surface area contributed by atoms with Crippen molar-refractivity contribution < 1.29 is 23.7 Å². The van der Waals surface area contributed by atoms with E-state index in [2.05, 4.69) is 45.1 Å². The highest BCUT2D eigenvalue weighted by Crippen LogP contribution is 2.24. The number of benzene rings is 2. The van der Waals surface area contributed by atoms with E-state index in [1.165, 1.54) is 0 Å². The molecule has 38 heavy (non-hydrogen) atoms. The molecule has 4 rings (SSSR count). The van der Waals surface area contributed by atoms with Crippen LogP contribution in [0, 0.1) is 0 Å². The highest BCUT2D eigenvalue weighted by atomic mass is 16.5. The number of morpholine rings is 1. The summed E-state index contributed by atoms with van der Waals surface area (Å²) in [5, 5.41) is 0. The number of ether oxygens (including phenoxy) is 5. The number of rotatable bonds is 15. The number of anilines is 1. The Labute approximate surface area is 226 Å². The first kappa shape index (κ1) is 27.9. The van der Waals surface area contributed by atoms with Gasteiger partial charge < -0.3 is 28.6 Å². The Morgan fingerprint density at radius 2 is 1.47 bits per heavy atom. The molecule has 1 aliphatic rings. The zero-order valence-corrected chi connectivity index (χ0v) is 22.5. The SMILES string of the molecule is COc1cccc(CN(Cc2cccc(OC)c2)c2ccnc(COCCOCCN3CCOCC3)c2)c1. The summed E-state index contributed by atoms with van der Waals surface area (Å²) in [4.78, 5) is 9.22. The molecule has 0 spiro atoms. The number of hydrogen-bond donors (Lipinski definition) is 0. The molecule has 0 amide bonds. The molecule has 1 aromatic heterocycles. The molecule has 1 saturated heterocycles. The van der Waals surface area contributed by atoms with Gasteiger partial charge in [-0.15, -0.1) is 0 Å². The van der Waals surface area contributed by atoms with Crippen molar-refractivity contribution in [2.45, 2.75) is 19.7 Å². The van der Waals surface area contributed by atoms with Gasteiger partial charge in [-0.2, -0.15) is 0 Å². The van der Waals surface area contributed by atoms with Crippen LogP contribution >= 0.6 is 0 Å². The maximum Gasteiger partial charge on any atom is 0.119 e. The first-order valence-electron chi connectivity index (χ1n) is 13.1. The minimum Gasteiger partial charge on any atom is -0.497 e. The highest BCUT2D eigenvalue weighted by molar-refractivity contribution is 5.48. The van der Waals surface area contributed by atoms with E-state index in [-0.39, 0.29) is 0 Å². The quantitative estimate of drug-likeness (QED) is 0.276. The second-order valence-corrected chi connectivity index (χ2v) is 9.18. The minimum atomic E-state index is 0.437. The zero-order chi connectivity index (χ0) is 26.4. The molecule has 2 heterocycles. The number of nitrogens with zero attached hydrogens (tertiary/aromatic N) is 3. The van der Waals surface area contributed by atoms with Crippen LogP contribution in [-0.2, 0) is 33.9 Å². The van der Waals surface area contributed by atoms with Gasteiger partial charge in [-0.05, 0) is 47.5 Å². The van der Waals surface area contributed by atoms with Crippen LogP contribution in [0.3, 0.4) is 0 Å². The number of methoxy groups -OCH3 is 2. The molecule has 0 N–H and O–H groups in total. The third kappa shape index (κ3) is 8.99. The van der Waals surface area contributed by atoms with Crippen molar-refractivity contribution in [1.29, 1.82) is 0 Å². The van der Waals surface area contributed by atoms with Crippen LogP contribution in [0.2, 0.25) is 0 Å². The molecule has 3 aromatic rings. The normalized spacial score (nSPS) is 13.8. The van der Waals surface area contributed by atoms with Crippen LogP contribution < -0.4 is 14.4 Å². The predicted octanol–water partition coefficient (Wildman–Crippen LogP) is 4.17. The van der Waals surface area contributed by atoms with E-state index < -0.39 is 0 Å². The molecule has 1 aliphatic heterocycles. The van der Waals surface area contributed by atoms with Gasteiger partial charge in [-0.3, -0.25) is 9.88 Å². The van der Waals surface area contributed by atoms with Gasteiger partial charge in [0.25, 0.3) is 0 Å². The second-order valence-electron chi connectivity index (χ2n) is 9.18. The van der Waals surface area contributed by atoms with E-state index in [4.69, 9.17) is 23.7 Å². The van der Waals surface area contributed by atoms with E-state index in [1.54, 1.807) is 14.2 Å². The number of hydrogen-bond acceptors (Lipinski definition) is 8. The van der Waals surface area contributed by atoms with E-state index in [0.717, 1.165) is 79.9 Å². The van der Waals surface area contributed by atoms with Gasteiger partial charge in [0.15, 0.2) is 0 Å². The van der Waals surface area contributed by atoms with Crippen LogP contribution in [-0.4, -0.2) is 76.8 Å². The van der Waals surface area contributed by atoms with Crippen molar-refractivity contribution in [3.63, 3.8) is 0 Å². The average molecular weight is 522 g/mol. The highest BCUT2D eigenvalue weighted by Gasteiger charge is 2.12. The van der Waals surface area contributed by atoms with Gasteiger partial charge >= 0.3 is 0 Å². The fourth-order valence-corrected chi connectivity index (χ4v) is 4.38. The van der Waals surface area contributed by atoms with Crippen LogP contribution in [0.25, 0.3) is 0 Å². The largest absolute Gasteiger partial charge is 0.497 e. The molecule has 1 fully saturated rings. The Morgan fingerprint density at radius 1 is 0.816 bits per heavy atom. The summed E-state index contributed by atoms with van der Waals surface area (Å²) >= 11 is 0. The third-order valence-corrected chi connectivity index (χ3v) is 6.46.